The Hall–Kier alpha value is -2.30. The van der Waals surface area contributed by atoms with Crippen LogP contribution >= 0.6 is 10.0 Å². The molecule has 1 saturated heterocycles. The van der Waals surface area contributed by atoms with E-state index in [1.54, 1.807) is 6.20 Å². The summed E-state index contributed by atoms with van der Waals surface area (Å²) in [5, 5.41) is 11.5. The Labute approximate surface area is 173 Å². The number of hydrogen-bond acceptors (Lipinski definition) is 5. The number of hydrogen-bond donors (Lipinski definition) is 0. The third kappa shape index (κ3) is 4.19. The van der Waals surface area contributed by atoms with Crippen LogP contribution in [0.4, 0.5) is 5.69 Å². The van der Waals surface area contributed by atoms with Crippen LogP contribution in [-0.4, -0.2) is 58.8 Å². The van der Waals surface area contributed by atoms with E-state index in [1.807, 2.05) is 12.3 Å². The van der Waals surface area contributed by atoms with Crippen LogP contribution in [0.3, 0.4) is 0 Å². The van der Waals surface area contributed by atoms with Gasteiger partial charge in [0.1, 0.15) is 24.1 Å². The Balaban J connectivity index is 1.79. The first-order valence-electron chi connectivity index (χ1n) is 10.1. The number of rotatable bonds is 6. The third-order valence-electron chi connectivity index (χ3n) is 5.48. The van der Waals surface area contributed by atoms with E-state index in [9.17, 15) is 5.26 Å². The second-order valence-electron chi connectivity index (χ2n) is 8.54. The zero-order valence-corrected chi connectivity index (χ0v) is 18.3. The molecule has 0 spiro atoms. The second-order valence-corrected chi connectivity index (χ2v) is 13.1. The first-order chi connectivity index (χ1) is 14.0. The highest BCUT2D eigenvalue weighted by molar-refractivity contribution is 8.32. The summed E-state index contributed by atoms with van der Waals surface area (Å²) in [4.78, 5) is 11.5. The maximum absolute atomic E-state index is 9.38. The quantitative estimate of drug-likeness (QED) is 0.571. The molecule has 3 aromatic heterocycles. The number of aromatic nitrogens is 3. The van der Waals surface area contributed by atoms with Gasteiger partial charge >= 0.3 is 0 Å². The molecule has 7 heteroatoms. The highest BCUT2D eigenvalue weighted by Gasteiger charge is 2.20. The molecule has 0 bridgehead atoms. The molecular weight excluding hydrogens is 382 g/mol. The van der Waals surface area contributed by atoms with Gasteiger partial charge in [-0.2, -0.15) is 5.26 Å². The summed E-state index contributed by atoms with van der Waals surface area (Å²) < 4.78 is 8.15. The van der Waals surface area contributed by atoms with E-state index < -0.39 is 10.0 Å². The smallest absolute Gasteiger partial charge is 0.145 e. The van der Waals surface area contributed by atoms with E-state index in [0.717, 1.165) is 47.4 Å². The number of fused-ring (bicyclic) bond motifs is 3. The van der Waals surface area contributed by atoms with E-state index >= 15 is 0 Å². The van der Waals surface area contributed by atoms with Gasteiger partial charge < -0.3 is 9.64 Å². The minimum Gasteiger partial charge on any atom is -0.371 e. The lowest BCUT2D eigenvalue weighted by molar-refractivity contribution is 0.0950. The maximum Gasteiger partial charge on any atom is 0.145 e. The van der Waals surface area contributed by atoms with Gasteiger partial charge in [0.25, 0.3) is 0 Å². The summed E-state index contributed by atoms with van der Waals surface area (Å²) in [5.41, 5.74) is 3.51. The lowest BCUT2D eigenvalue weighted by Crippen LogP contribution is -2.29. The molecule has 0 radical (unpaired) electrons. The molecule has 0 amide bonds. The van der Waals surface area contributed by atoms with Gasteiger partial charge in [-0.25, -0.2) is 20.0 Å². The Morgan fingerprint density at radius 1 is 1.17 bits per heavy atom. The van der Waals surface area contributed by atoms with Crippen LogP contribution in [-0.2, 0) is 11.5 Å². The van der Waals surface area contributed by atoms with Crippen LogP contribution in [0, 0.1) is 11.3 Å². The van der Waals surface area contributed by atoms with E-state index in [4.69, 9.17) is 9.72 Å². The van der Waals surface area contributed by atoms with Gasteiger partial charge in [0.15, 0.2) is 0 Å². The summed E-state index contributed by atoms with van der Waals surface area (Å²) in [5.74, 6) is 1.08. The van der Waals surface area contributed by atoms with Crippen LogP contribution in [0.2, 0.25) is 0 Å². The highest BCUT2D eigenvalue weighted by Crippen LogP contribution is 2.36. The van der Waals surface area contributed by atoms with Crippen molar-refractivity contribution in [3.05, 3.63) is 30.2 Å². The topological polar surface area (TPSA) is 67.0 Å². The lowest BCUT2D eigenvalue weighted by Gasteiger charge is -2.29. The average molecular weight is 412 g/mol. The molecule has 0 saturated carbocycles. The predicted molar refractivity (Wildman–Crippen MR) is 122 cm³/mol. The Kier molecular flexibility index (Phi) is 5.66. The molecule has 154 valence electrons. The second kappa shape index (κ2) is 8.21. The molecule has 1 fully saturated rings. The van der Waals surface area contributed by atoms with E-state index in [0.29, 0.717) is 12.4 Å². The highest BCUT2D eigenvalue weighted by atomic mass is 32.3. The zero-order chi connectivity index (χ0) is 20.4. The van der Waals surface area contributed by atoms with Gasteiger partial charge in [-0.3, -0.25) is 4.57 Å². The molecule has 4 heterocycles. The van der Waals surface area contributed by atoms with Crippen molar-refractivity contribution in [3.63, 3.8) is 0 Å². The number of nitrogens with zero attached hydrogens (tertiary/aromatic N) is 5. The molecule has 4 rings (SSSR count). The molecule has 1 aliphatic rings. The lowest BCUT2D eigenvalue weighted by atomic mass is 10.1. The fraction of sp³-hybridized carbons (Fsp3) is 0.500. The van der Waals surface area contributed by atoms with Crippen LogP contribution in [0.1, 0.15) is 25.0 Å². The number of piperidine rings is 1. The van der Waals surface area contributed by atoms with Gasteiger partial charge in [0, 0.05) is 36.1 Å². The first-order valence-corrected chi connectivity index (χ1v) is 13.2. The monoisotopic (exact) mass is 411 g/mol. The van der Waals surface area contributed by atoms with Gasteiger partial charge in [-0.15, -0.1) is 0 Å². The summed E-state index contributed by atoms with van der Waals surface area (Å²) in [7, 11) is -0.585. The third-order valence-corrected chi connectivity index (χ3v) is 6.87. The molecule has 0 aliphatic carbocycles. The minimum atomic E-state index is -0.585. The van der Waals surface area contributed by atoms with Crippen molar-refractivity contribution in [3.8, 4) is 6.07 Å². The van der Waals surface area contributed by atoms with Crippen molar-refractivity contribution in [1.82, 2.24) is 14.5 Å². The normalized spacial score (nSPS) is 15.7. The van der Waals surface area contributed by atoms with Crippen LogP contribution in [0.15, 0.2) is 24.5 Å². The molecule has 29 heavy (non-hydrogen) atoms. The van der Waals surface area contributed by atoms with Crippen LogP contribution in [0.5, 0.6) is 0 Å². The summed E-state index contributed by atoms with van der Waals surface area (Å²) >= 11 is 0. The fourth-order valence-corrected chi connectivity index (χ4v) is 4.55. The van der Waals surface area contributed by atoms with Crippen molar-refractivity contribution in [2.75, 3.05) is 49.1 Å². The number of nitriles is 1. The van der Waals surface area contributed by atoms with Crippen molar-refractivity contribution < 1.29 is 4.74 Å². The molecular formula is C22H29N5OS. The first kappa shape index (κ1) is 20.0. The minimum absolute atomic E-state index is 0.433. The molecule has 3 aromatic rings. The Morgan fingerprint density at radius 3 is 2.69 bits per heavy atom. The molecule has 1 aliphatic heterocycles. The number of pyridine rings is 2. The predicted octanol–water partition coefficient (Wildman–Crippen LogP) is 4.11. The van der Waals surface area contributed by atoms with Gasteiger partial charge in [-0.1, -0.05) is 0 Å². The van der Waals surface area contributed by atoms with E-state index in [2.05, 4.69) is 45.4 Å². The van der Waals surface area contributed by atoms with E-state index in [1.165, 1.54) is 24.9 Å². The molecule has 0 atom stereocenters. The molecule has 0 N–H and O–H groups in total. The zero-order valence-electron chi connectivity index (χ0n) is 17.5. The number of ether oxygens (including phenoxy) is 1. The van der Waals surface area contributed by atoms with Crippen molar-refractivity contribution in [1.29, 1.82) is 5.26 Å². The van der Waals surface area contributed by atoms with Gasteiger partial charge in [0.2, 0.25) is 0 Å². The molecule has 0 unspecified atom stereocenters. The average Bonchev–Trinajstić information content (AvgIpc) is 3.04. The van der Waals surface area contributed by atoms with Crippen molar-refractivity contribution in [2.45, 2.75) is 26.0 Å². The van der Waals surface area contributed by atoms with E-state index in [-0.39, 0.29) is 0 Å². The fourth-order valence-electron chi connectivity index (χ4n) is 3.94. The summed E-state index contributed by atoms with van der Waals surface area (Å²) in [6.07, 6.45) is 14.3. The Morgan fingerprint density at radius 2 is 1.97 bits per heavy atom. The Bertz CT molecular complexity index is 1060. The SMILES string of the molecule is CS(C)(C)CCOCn1c2cnc(C#N)cc2c2c(N3CCCCC3)ccnc21. The maximum atomic E-state index is 9.38. The molecule has 0 aromatic carbocycles. The van der Waals surface area contributed by atoms with Crippen molar-refractivity contribution >= 4 is 37.7 Å². The summed E-state index contributed by atoms with van der Waals surface area (Å²) in [6.45, 7) is 3.30. The number of anilines is 1. The van der Waals surface area contributed by atoms with Gasteiger partial charge in [-0.05, 0) is 50.2 Å². The van der Waals surface area contributed by atoms with Gasteiger partial charge in [0.05, 0.1) is 23.7 Å². The van der Waals surface area contributed by atoms with Crippen LogP contribution in [0.25, 0.3) is 21.9 Å². The standard InChI is InChI=1S/C22H29N5OS/c1-29(2,3)12-11-28-16-27-20-15-25-17(14-23)13-18(20)21-19(7-8-24-22(21)27)26-9-5-4-6-10-26/h7-8,13,15H,4-6,9-12,16H2,1-3H3. The van der Waals surface area contributed by atoms with Crippen molar-refractivity contribution in [2.24, 2.45) is 0 Å². The van der Waals surface area contributed by atoms with Crippen LogP contribution < -0.4 is 4.90 Å². The largest absolute Gasteiger partial charge is 0.371 e. The molecule has 6 nitrogen and oxygen atoms in total. The summed E-state index contributed by atoms with van der Waals surface area (Å²) in [6, 6.07) is 6.17.